The fourth-order valence-corrected chi connectivity index (χ4v) is 4.40. The van der Waals surface area contributed by atoms with E-state index in [0.717, 1.165) is 29.8 Å². The number of hydrogen-bond donors (Lipinski definition) is 1. The molecule has 1 aliphatic carbocycles. The van der Waals surface area contributed by atoms with E-state index in [1.807, 2.05) is 0 Å². The number of carbonyl (C=O) groups excluding carboxylic acids is 1. The lowest BCUT2D eigenvalue weighted by Crippen LogP contribution is -2.41. The van der Waals surface area contributed by atoms with Crippen molar-refractivity contribution in [2.75, 3.05) is 26.3 Å². The van der Waals surface area contributed by atoms with Crippen LogP contribution in [0.15, 0.2) is 30.9 Å². The van der Waals surface area contributed by atoms with Gasteiger partial charge in [-0.15, -0.1) is 6.58 Å². The molecule has 1 atom stereocenters. The Morgan fingerprint density at radius 2 is 2.03 bits per heavy atom. The number of benzene rings is 1. The minimum absolute atomic E-state index is 0.0762. The van der Waals surface area contributed by atoms with Gasteiger partial charge in [0.25, 0.3) is 5.91 Å². The Morgan fingerprint density at radius 3 is 2.73 bits per heavy atom. The number of morpholine rings is 1. The predicted molar refractivity (Wildman–Crippen MR) is 113 cm³/mol. The van der Waals surface area contributed by atoms with Crippen LogP contribution in [0.4, 0.5) is 17.6 Å². The van der Waals surface area contributed by atoms with Crippen molar-refractivity contribution in [3.63, 3.8) is 0 Å². The van der Waals surface area contributed by atoms with Crippen molar-refractivity contribution in [2.24, 2.45) is 0 Å². The molecule has 0 radical (unpaired) electrons. The summed E-state index contributed by atoms with van der Waals surface area (Å²) in [6, 6.07) is 2.48. The Hall–Kier alpha value is -2.72. The molecule has 0 bridgehead atoms. The molecule has 10 heteroatoms. The first-order chi connectivity index (χ1) is 15.8. The summed E-state index contributed by atoms with van der Waals surface area (Å²) in [5.74, 6) is -1.06. The molecule has 33 heavy (non-hydrogen) atoms. The average molecular weight is 466 g/mol. The molecule has 1 aliphatic heterocycles. The van der Waals surface area contributed by atoms with Gasteiger partial charge < -0.3 is 15.0 Å². The second-order valence-electron chi connectivity index (χ2n) is 8.32. The van der Waals surface area contributed by atoms with Gasteiger partial charge in [-0.3, -0.25) is 9.48 Å². The summed E-state index contributed by atoms with van der Waals surface area (Å²) in [7, 11) is 0. The molecule has 1 fully saturated rings. The number of nitrogens with one attached hydrogen (secondary N) is 1. The van der Waals surface area contributed by atoms with E-state index in [1.165, 1.54) is 0 Å². The Labute approximate surface area is 189 Å². The number of amides is 1. The maximum absolute atomic E-state index is 13.7. The zero-order valence-electron chi connectivity index (χ0n) is 18.1. The topological polar surface area (TPSA) is 59.4 Å². The molecule has 1 aromatic carbocycles. The summed E-state index contributed by atoms with van der Waals surface area (Å²) in [6.45, 7) is 6.32. The molecule has 4 rings (SSSR count). The number of aromatic nitrogens is 2. The number of alkyl halides is 3. The molecular formula is C23H26F4N4O2. The molecular weight excluding hydrogens is 440 g/mol. The normalized spacial score (nSPS) is 18.8. The second kappa shape index (κ2) is 9.64. The van der Waals surface area contributed by atoms with Crippen molar-refractivity contribution < 1.29 is 27.1 Å². The first kappa shape index (κ1) is 23.4. The number of rotatable bonds is 6. The van der Waals surface area contributed by atoms with Gasteiger partial charge in [0.1, 0.15) is 5.82 Å². The molecule has 1 amide bonds. The quantitative estimate of drug-likeness (QED) is 0.524. The molecule has 1 N–H and O–H groups in total. The summed E-state index contributed by atoms with van der Waals surface area (Å²) < 4.78 is 59.8. The third-order valence-corrected chi connectivity index (χ3v) is 6.03. The minimum atomic E-state index is -4.61. The number of fused-ring (bicyclic) bond motifs is 1. The Morgan fingerprint density at radius 1 is 1.27 bits per heavy atom. The van der Waals surface area contributed by atoms with Gasteiger partial charge in [0, 0.05) is 36.9 Å². The monoisotopic (exact) mass is 466 g/mol. The van der Waals surface area contributed by atoms with E-state index >= 15 is 0 Å². The Balaban J connectivity index is 1.51. The lowest BCUT2D eigenvalue weighted by atomic mass is 9.90. The van der Waals surface area contributed by atoms with Crippen LogP contribution in [-0.4, -0.2) is 52.9 Å². The number of ether oxygens (including phenoxy) is 1. The van der Waals surface area contributed by atoms with Crippen molar-refractivity contribution in [1.29, 1.82) is 0 Å². The summed E-state index contributed by atoms with van der Waals surface area (Å²) in [5.41, 5.74) is 1.46. The highest BCUT2D eigenvalue weighted by Gasteiger charge is 2.33. The number of hydrogen-bond acceptors (Lipinski definition) is 4. The van der Waals surface area contributed by atoms with Crippen LogP contribution in [0.25, 0.3) is 0 Å². The van der Waals surface area contributed by atoms with Crippen molar-refractivity contribution in [2.45, 2.75) is 44.6 Å². The zero-order valence-corrected chi connectivity index (χ0v) is 18.1. The third-order valence-electron chi connectivity index (χ3n) is 6.03. The van der Waals surface area contributed by atoms with E-state index in [1.54, 1.807) is 15.7 Å². The lowest BCUT2D eigenvalue weighted by Gasteiger charge is -2.28. The average Bonchev–Trinajstić information content (AvgIpc) is 3.15. The highest BCUT2D eigenvalue weighted by atomic mass is 19.4. The van der Waals surface area contributed by atoms with E-state index in [9.17, 15) is 22.4 Å². The summed E-state index contributed by atoms with van der Waals surface area (Å²) in [5, 5.41) is 7.81. The highest BCUT2D eigenvalue weighted by molar-refractivity contribution is 5.94. The van der Waals surface area contributed by atoms with Gasteiger partial charge in [-0.05, 0) is 43.0 Å². The number of nitrogens with zero attached hydrogens (tertiary/aromatic N) is 3. The van der Waals surface area contributed by atoms with Crippen LogP contribution in [-0.2, 0) is 36.8 Å². The first-order valence-electron chi connectivity index (χ1n) is 10.9. The summed E-state index contributed by atoms with van der Waals surface area (Å²) in [6.07, 6.45) is -0.975. The van der Waals surface area contributed by atoms with Crippen LogP contribution in [0.5, 0.6) is 0 Å². The van der Waals surface area contributed by atoms with Gasteiger partial charge in [-0.1, -0.05) is 6.08 Å². The van der Waals surface area contributed by atoms with E-state index < -0.39 is 17.6 Å². The van der Waals surface area contributed by atoms with Crippen LogP contribution in [0, 0.1) is 5.82 Å². The molecule has 2 heterocycles. The van der Waals surface area contributed by atoms with Crippen LogP contribution in [0.3, 0.4) is 0 Å². The van der Waals surface area contributed by atoms with Crippen molar-refractivity contribution in [3.05, 3.63) is 64.7 Å². The van der Waals surface area contributed by atoms with Gasteiger partial charge in [0.2, 0.25) is 0 Å². The molecule has 0 spiro atoms. The zero-order chi connectivity index (χ0) is 23.6. The fraction of sp³-hybridized carbons (Fsp3) is 0.478. The molecule has 0 saturated carbocycles. The maximum Gasteiger partial charge on any atom is 0.416 e. The number of carbonyl (C=O) groups is 1. The number of halogens is 4. The van der Waals surface area contributed by atoms with Gasteiger partial charge in [0.05, 0.1) is 25.3 Å². The van der Waals surface area contributed by atoms with Crippen LogP contribution >= 0.6 is 0 Å². The van der Waals surface area contributed by atoms with Crippen LogP contribution in [0.1, 0.15) is 39.3 Å². The summed E-state index contributed by atoms with van der Waals surface area (Å²) >= 11 is 0. The van der Waals surface area contributed by atoms with E-state index in [-0.39, 0.29) is 24.1 Å². The Kier molecular flexibility index (Phi) is 6.85. The van der Waals surface area contributed by atoms with Gasteiger partial charge in [-0.2, -0.15) is 18.3 Å². The van der Waals surface area contributed by atoms with E-state index in [4.69, 9.17) is 4.74 Å². The molecule has 6 nitrogen and oxygen atoms in total. The van der Waals surface area contributed by atoms with Crippen molar-refractivity contribution in [3.8, 4) is 0 Å². The SMILES string of the molecule is C=CCn1nc(C(=O)N2CCOCC2)c2c1CC[C@@H](NCc1cc(F)cc(C(F)(F)F)c1)C2. The van der Waals surface area contributed by atoms with Crippen molar-refractivity contribution >= 4 is 5.91 Å². The smallest absolute Gasteiger partial charge is 0.378 e. The Bertz CT molecular complexity index is 1030. The third kappa shape index (κ3) is 5.27. The molecule has 1 aromatic heterocycles. The second-order valence-corrected chi connectivity index (χ2v) is 8.32. The molecule has 2 aromatic rings. The lowest BCUT2D eigenvalue weighted by molar-refractivity contribution is -0.137. The maximum atomic E-state index is 13.7. The van der Waals surface area contributed by atoms with Gasteiger partial charge >= 0.3 is 6.18 Å². The van der Waals surface area contributed by atoms with E-state index in [0.29, 0.717) is 57.4 Å². The molecule has 2 aliphatic rings. The van der Waals surface area contributed by atoms with Gasteiger partial charge in [-0.25, -0.2) is 4.39 Å². The highest BCUT2D eigenvalue weighted by Crippen LogP contribution is 2.31. The predicted octanol–water partition coefficient (Wildman–Crippen LogP) is 3.35. The van der Waals surface area contributed by atoms with Crippen LogP contribution in [0.2, 0.25) is 0 Å². The van der Waals surface area contributed by atoms with E-state index in [2.05, 4.69) is 17.0 Å². The molecule has 0 unspecified atom stereocenters. The number of allylic oxidation sites excluding steroid dienone is 1. The summed E-state index contributed by atoms with van der Waals surface area (Å²) in [4.78, 5) is 14.9. The van der Waals surface area contributed by atoms with Gasteiger partial charge in [0.15, 0.2) is 5.69 Å². The van der Waals surface area contributed by atoms with Crippen molar-refractivity contribution in [1.82, 2.24) is 20.0 Å². The van der Waals surface area contributed by atoms with Crippen LogP contribution < -0.4 is 5.32 Å². The minimum Gasteiger partial charge on any atom is -0.378 e. The molecule has 178 valence electrons. The molecule has 1 saturated heterocycles. The largest absolute Gasteiger partial charge is 0.416 e. The fourth-order valence-electron chi connectivity index (χ4n) is 4.40. The standard InChI is InChI=1S/C23H26F4N4O2/c1-2-5-31-20-4-3-18(28-14-15-10-16(23(25,26)27)12-17(24)11-15)13-19(20)21(29-31)22(32)30-6-8-33-9-7-30/h2,10-12,18,28H,1,3-9,13-14H2/t18-/m1/s1. The first-order valence-corrected chi connectivity index (χ1v) is 10.9.